The highest BCUT2D eigenvalue weighted by atomic mass is 19.1. The number of benzene rings is 2. The van der Waals surface area contributed by atoms with Crippen molar-refractivity contribution in [3.05, 3.63) is 65.7 Å². The second-order valence-electron chi connectivity index (χ2n) is 5.38. The summed E-state index contributed by atoms with van der Waals surface area (Å²) in [6, 6.07) is 11.8. The Balaban J connectivity index is 1.49. The fourth-order valence-corrected chi connectivity index (χ4v) is 2.21. The van der Waals surface area contributed by atoms with Crippen molar-refractivity contribution in [1.29, 1.82) is 0 Å². The second-order valence-corrected chi connectivity index (χ2v) is 5.38. The van der Waals surface area contributed by atoms with E-state index in [0.717, 1.165) is 5.56 Å². The van der Waals surface area contributed by atoms with Crippen LogP contribution in [0.3, 0.4) is 0 Å². The Morgan fingerprint density at radius 3 is 2.32 bits per heavy atom. The van der Waals surface area contributed by atoms with Gasteiger partial charge in [0.05, 0.1) is 0 Å². The summed E-state index contributed by atoms with van der Waals surface area (Å²) >= 11 is 0. The summed E-state index contributed by atoms with van der Waals surface area (Å²) in [5, 5.41) is 14.5. The number of aromatic nitrogens is 4. The molecule has 3 rings (SSSR count). The number of carbonyl (C=O) groups excluding carboxylic acids is 1. The maximum atomic E-state index is 12.9. The zero-order valence-electron chi connectivity index (χ0n) is 13.2. The molecule has 0 fully saturated rings. The number of rotatable bonds is 6. The molecule has 6 nitrogen and oxygen atoms in total. The van der Waals surface area contributed by atoms with Gasteiger partial charge in [0.1, 0.15) is 18.2 Å². The van der Waals surface area contributed by atoms with Crippen LogP contribution in [0.1, 0.15) is 5.56 Å². The van der Waals surface area contributed by atoms with Crippen LogP contribution in [-0.2, 0) is 17.8 Å². The molecule has 128 valence electrons. The molecule has 1 N–H and O–H groups in total. The molecular weight excluding hydrogens is 328 g/mol. The highest BCUT2D eigenvalue weighted by Gasteiger charge is 2.09. The van der Waals surface area contributed by atoms with Gasteiger partial charge in [-0.15, -0.1) is 10.2 Å². The number of carbonyl (C=O) groups is 1. The van der Waals surface area contributed by atoms with Crippen LogP contribution in [0.4, 0.5) is 8.78 Å². The number of nitrogens with zero attached hydrogens (tertiary/aromatic N) is 4. The predicted molar refractivity (Wildman–Crippen MR) is 86.3 cm³/mol. The van der Waals surface area contributed by atoms with E-state index in [4.69, 9.17) is 0 Å². The van der Waals surface area contributed by atoms with Crippen molar-refractivity contribution in [3.8, 4) is 11.4 Å². The van der Waals surface area contributed by atoms with Gasteiger partial charge < -0.3 is 5.32 Å². The first-order chi connectivity index (χ1) is 12.1. The lowest BCUT2D eigenvalue weighted by molar-refractivity contribution is -0.122. The Kier molecular flexibility index (Phi) is 5.08. The SMILES string of the molecule is O=C(Cn1nnc(-c2ccc(F)cc2)n1)NCCc1ccc(F)cc1. The molecule has 8 heteroatoms. The minimum Gasteiger partial charge on any atom is -0.354 e. The minimum absolute atomic E-state index is 0.0718. The maximum Gasteiger partial charge on any atom is 0.243 e. The van der Waals surface area contributed by atoms with Gasteiger partial charge in [-0.05, 0) is 53.6 Å². The number of halogens is 2. The van der Waals surface area contributed by atoms with E-state index in [1.54, 1.807) is 24.3 Å². The van der Waals surface area contributed by atoms with Crippen molar-refractivity contribution in [2.24, 2.45) is 0 Å². The fourth-order valence-electron chi connectivity index (χ4n) is 2.21. The third kappa shape index (κ3) is 4.66. The normalized spacial score (nSPS) is 10.6. The molecule has 0 bridgehead atoms. The summed E-state index contributed by atoms with van der Waals surface area (Å²) in [6.45, 7) is 0.349. The standard InChI is InChI=1S/C17H15F2N5O/c18-14-5-1-12(2-6-14)9-10-20-16(25)11-24-22-17(21-23-24)13-3-7-15(19)8-4-13/h1-8H,9-11H2,(H,20,25). The van der Waals surface area contributed by atoms with E-state index >= 15 is 0 Å². The molecule has 1 heterocycles. The molecular formula is C17H15F2N5O. The van der Waals surface area contributed by atoms with Crippen molar-refractivity contribution >= 4 is 5.91 Å². The van der Waals surface area contributed by atoms with Gasteiger partial charge in [-0.3, -0.25) is 4.79 Å². The maximum absolute atomic E-state index is 12.9. The van der Waals surface area contributed by atoms with Crippen molar-refractivity contribution in [2.45, 2.75) is 13.0 Å². The largest absolute Gasteiger partial charge is 0.354 e. The van der Waals surface area contributed by atoms with E-state index in [2.05, 4.69) is 20.7 Å². The second kappa shape index (κ2) is 7.61. The first-order valence-electron chi connectivity index (χ1n) is 7.65. The van der Waals surface area contributed by atoms with Crippen LogP contribution in [0.2, 0.25) is 0 Å². The highest BCUT2D eigenvalue weighted by molar-refractivity contribution is 5.75. The quantitative estimate of drug-likeness (QED) is 0.743. The molecule has 0 aliphatic carbocycles. The van der Waals surface area contributed by atoms with Crippen molar-refractivity contribution < 1.29 is 13.6 Å². The topological polar surface area (TPSA) is 72.7 Å². The summed E-state index contributed by atoms with van der Waals surface area (Å²) in [6.07, 6.45) is 0.595. The summed E-state index contributed by atoms with van der Waals surface area (Å²) in [5.41, 5.74) is 1.54. The Morgan fingerprint density at radius 1 is 1.00 bits per heavy atom. The van der Waals surface area contributed by atoms with Gasteiger partial charge >= 0.3 is 0 Å². The third-order valence-electron chi connectivity index (χ3n) is 3.49. The van der Waals surface area contributed by atoms with Crippen LogP contribution in [0.5, 0.6) is 0 Å². The Hall–Kier alpha value is -3.16. The summed E-state index contributed by atoms with van der Waals surface area (Å²) in [5.74, 6) is -0.581. The van der Waals surface area contributed by atoms with Crippen molar-refractivity contribution in [3.63, 3.8) is 0 Å². The molecule has 0 atom stereocenters. The van der Waals surface area contributed by atoms with E-state index in [1.165, 1.54) is 29.1 Å². The molecule has 0 saturated heterocycles. The molecule has 0 aliphatic heterocycles. The first-order valence-corrected chi connectivity index (χ1v) is 7.65. The number of tetrazole rings is 1. The lowest BCUT2D eigenvalue weighted by Gasteiger charge is -2.04. The molecule has 0 spiro atoms. The number of nitrogens with one attached hydrogen (secondary N) is 1. The Bertz CT molecular complexity index is 846. The number of amides is 1. The van der Waals surface area contributed by atoms with Crippen LogP contribution in [0, 0.1) is 11.6 Å². The zero-order chi connectivity index (χ0) is 17.6. The Labute approximate surface area is 142 Å². The smallest absolute Gasteiger partial charge is 0.243 e. The van der Waals surface area contributed by atoms with E-state index in [9.17, 15) is 13.6 Å². The van der Waals surface area contributed by atoms with Crippen LogP contribution in [0.15, 0.2) is 48.5 Å². The molecule has 0 unspecified atom stereocenters. The lowest BCUT2D eigenvalue weighted by Crippen LogP contribution is -2.30. The molecule has 2 aromatic carbocycles. The van der Waals surface area contributed by atoms with Gasteiger partial charge in [0.15, 0.2) is 0 Å². The zero-order valence-corrected chi connectivity index (χ0v) is 13.2. The van der Waals surface area contributed by atoms with E-state index in [0.29, 0.717) is 24.4 Å². The number of hydrogen-bond acceptors (Lipinski definition) is 4. The molecule has 1 aromatic heterocycles. The summed E-state index contributed by atoms with van der Waals surface area (Å²) in [7, 11) is 0. The predicted octanol–water partition coefficient (Wildman–Crippen LogP) is 1.98. The molecule has 25 heavy (non-hydrogen) atoms. The molecule has 1 amide bonds. The lowest BCUT2D eigenvalue weighted by atomic mass is 10.1. The molecule has 3 aromatic rings. The van der Waals surface area contributed by atoms with Gasteiger partial charge in [-0.25, -0.2) is 8.78 Å². The fraction of sp³-hybridized carbons (Fsp3) is 0.176. The van der Waals surface area contributed by atoms with Crippen LogP contribution in [0.25, 0.3) is 11.4 Å². The van der Waals surface area contributed by atoms with E-state index < -0.39 is 0 Å². The summed E-state index contributed by atoms with van der Waals surface area (Å²) < 4.78 is 25.7. The van der Waals surface area contributed by atoms with Gasteiger partial charge in [0, 0.05) is 12.1 Å². The summed E-state index contributed by atoms with van der Waals surface area (Å²) in [4.78, 5) is 13.1. The van der Waals surface area contributed by atoms with E-state index in [1.807, 2.05) is 0 Å². The van der Waals surface area contributed by atoms with Crippen LogP contribution < -0.4 is 5.32 Å². The molecule has 0 radical (unpaired) electrons. The molecule has 0 saturated carbocycles. The first kappa shape index (κ1) is 16.7. The van der Waals surface area contributed by atoms with Crippen molar-refractivity contribution in [2.75, 3.05) is 6.54 Å². The minimum atomic E-state index is -0.350. The monoisotopic (exact) mass is 343 g/mol. The van der Waals surface area contributed by atoms with Gasteiger partial charge in [-0.1, -0.05) is 12.1 Å². The van der Waals surface area contributed by atoms with Gasteiger partial charge in [-0.2, -0.15) is 4.80 Å². The van der Waals surface area contributed by atoms with Gasteiger partial charge in [0.2, 0.25) is 11.7 Å². The van der Waals surface area contributed by atoms with Crippen LogP contribution >= 0.6 is 0 Å². The van der Waals surface area contributed by atoms with Crippen LogP contribution in [-0.4, -0.2) is 32.7 Å². The van der Waals surface area contributed by atoms with E-state index in [-0.39, 0.29) is 24.1 Å². The number of hydrogen-bond donors (Lipinski definition) is 1. The average Bonchev–Trinajstić information content (AvgIpc) is 3.06. The van der Waals surface area contributed by atoms with Gasteiger partial charge in [0.25, 0.3) is 0 Å². The van der Waals surface area contributed by atoms with Crippen molar-refractivity contribution in [1.82, 2.24) is 25.5 Å². The highest BCUT2D eigenvalue weighted by Crippen LogP contribution is 2.13. The third-order valence-corrected chi connectivity index (χ3v) is 3.49. The Morgan fingerprint density at radius 2 is 1.64 bits per heavy atom. The average molecular weight is 343 g/mol. The molecule has 0 aliphatic rings.